The topological polar surface area (TPSA) is 104 Å². The molecule has 6 nitrogen and oxygen atoms in total. The largest absolute Gasteiger partial charge is 0.395 e. The lowest BCUT2D eigenvalue weighted by Gasteiger charge is -2.24. The molecule has 1 atom stereocenters. The van der Waals surface area contributed by atoms with Crippen molar-refractivity contribution in [2.24, 2.45) is 11.1 Å². The average Bonchev–Trinajstić information content (AvgIpc) is 2.52. The number of carbonyl (C=O) groups excluding carboxylic acids is 2. The Morgan fingerprint density at radius 1 is 1.29 bits per heavy atom. The molecule has 116 valence electrons. The van der Waals surface area contributed by atoms with Gasteiger partial charge in [-0.2, -0.15) is 0 Å². The number of benzene rings is 1. The van der Waals surface area contributed by atoms with Crippen LogP contribution in [-0.4, -0.2) is 36.6 Å². The van der Waals surface area contributed by atoms with Gasteiger partial charge in [0.2, 0.25) is 5.91 Å². The number of aliphatic hydroxyl groups excluding tert-OH is 1. The molecular formula is C15H23N3O3. The van der Waals surface area contributed by atoms with Gasteiger partial charge < -0.3 is 21.5 Å². The van der Waals surface area contributed by atoms with E-state index in [1.54, 1.807) is 24.3 Å². The highest BCUT2D eigenvalue weighted by Gasteiger charge is 2.29. The first-order chi connectivity index (χ1) is 9.96. The summed E-state index contributed by atoms with van der Waals surface area (Å²) in [4.78, 5) is 23.8. The molecule has 0 bridgehead atoms. The van der Waals surface area contributed by atoms with Crippen LogP contribution in [0.5, 0.6) is 0 Å². The summed E-state index contributed by atoms with van der Waals surface area (Å²) in [7, 11) is 0. The van der Waals surface area contributed by atoms with Gasteiger partial charge in [0.25, 0.3) is 5.91 Å². The molecular weight excluding hydrogens is 270 g/mol. The zero-order chi connectivity index (χ0) is 15.9. The van der Waals surface area contributed by atoms with Gasteiger partial charge >= 0.3 is 0 Å². The second-order valence-electron chi connectivity index (χ2n) is 5.13. The molecule has 0 aliphatic carbocycles. The minimum atomic E-state index is -0.600. The smallest absolute Gasteiger partial charge is 0.251 e. The zero-order valence-electron chi connectivity index (χ0n) is 12.5. The molecule has 0 spiro atoms. The minimum absolute atomic E-state index is 0.103. The van der Waals surface area contributed by atoms with Gasteiger partial charge in [0.15, 0.2) is 0 Å². The molecule has 1 aromatic carbocycles. The molecule has 0 saturated carbocycles. The van der Waals surface area contributed by atoms with Gasteiger partial charge in [-0.1, -0.05) is 6.92 Å². The highest BCUT2D eigenvalue weighted by Crippen LogP contribution is 2.22. The Labute approximate surface area is 124 Å². The zero-order valence-corrected chi connectivity index (χ0v) is 12.5. The number of hydrogen-bond donors (Lipinski definition) is 4. The van der Waals surface area contributed by atoms with Crippen molar-refractivity contribution in [3.8, 4) is 0 Å². The van der Waals surface area contributed by atoms with Crippen LogP contribution in [0.15, 0.2) is 24.3 Å². The van der Waals surface area contributed by atoms with Crippen LogP contribution in [-0.2, 0) is 4.79 Å². The maximum atomic E-state index is 12.2. The van der Waals surface area contributed by atoms with Gasteiger partial charge in [-0.15, -0.1) is 0 Å². The van der Waals surface area contributed by atoms with E-state index in [0.717, 1.165) is 0 Å². The summed E-state index contributed by atoms with van der Waals surface area (Å²) < 4.78 is 0. The molecule has 0 heterocycles. The van der Waals surface area contributed by atoms with E-state index in [0.29, 0.717) is 17.7 Å². The van der Waals surface area contributed by atoms with E-state index in [1.807, 2.05) is 13.8 Å². The molecule has 1 aromatic rings. The van der Waals surface area contributed by atoms with Gasteiger partial charge in [-0.05, 0) is 37.6 Å². The van der Waals surface area contributed by atoms with Crippen molar-refractivity contribution in [3.63, 3.8) is 0 Å². The fourth-order valence-corrected chi connectivity index (χ4v) is 1.66. The molecule has 2 amide bonds. The summed E-state index contributed by atoms with van der Waals surface area (Å²) in [5, 5.41) is 14.0. The molecule has 0 aliphatic heterocycles. The van der Waals surface area contributed by atoms with Crippen molar-refractivity contribution in [1.29, 1.82) is 0 Å². The van der Waals surface area contributed by atoms with E-state index in [2.05, 4.69) is 10.6 Å². The van der Waals surface area contributed by atoms with E-state index in [9.17, 15) is 9.59 Å². The summed E-state index contributed by atoms with van der Waals surface area (Å²) in [6.07, 6.45) is 0.650. The summed E-state index contributed by atoms with van der Waals surface area (Å²) in [6, 6.07) is 6.57. The molecule has 0 radical (unpaired) electrons. The Balaban J connectivity index is 2.71. The summed E-state index contributed by atoms with van der Waals surface area (Å²) >= 11 is 0. The van der Waals surface area contributed by atoms with E-state index < -0.39 is 5.41 Å². The van der Waals surface area contributed by atoms with Crippen LogP contribution in [0, 0.1) is 5.41 Å². The highest BCUT2D eigenvalue weighted by molar-refractivity contribution is 5.97. The second-order valence-corrected chi connectivity index (χ2v) is 5.13. The highest BCUT2D eigenvalue weighted by atomic mass is 16.3. The third-order valence-corrected chi connectivity index (χ3v) is 3.58. The molecule has 21 heavy (non-hydrogen) atoms. The van der Waals surface area contributed by atoms with E-state index in [1.165, 1.54) is 0 Å². The third-order valence-electron chi connectivity index (χ3n) is 3.58. The maximum Gasteiger partial charge on any atom is 0.251 e. The summed E-state index contributed by atoms with van der Waals surface area (Å²) in [6.45, 7) is 4.12. The lowest BCUT2D eigenvalue weighted by atomic mass is 9.86. The molecule has 0 aromatic heterocycles. The van der Waals surface area contributed by atoms with Crippen molar-refractivity contribution < 1.29 is 14.7 Å². The van der Waals surface area contributed by atoms with Gasteiger partial charge in [0.1, 0.15) is 0 Å². The predicted octanol–water partition coefficient (Wildman–Crippen LogP) is 0.722. The first-order valence-electron chi connectivity index (χ1n) is 6.97. The van der Waals surface area contributed by atoms with Gasteiger partial charge in [-0.3, -0.25) is 9.59 Å². The Morgan fingerprint density at radius 2 is 1.90 bits per heavy atom. The third kappa shape index (κ3) is 4.54. The van der Waals surface area contributed by atoms with E-state index >= 15 is 0 Å². The van der Waals surface area contributed by atoms with E-state index in [4.69, 9.17) is 10.8 Å². The summed E-state index contributed by atoms with van der Waals surface area (Å²) in [5.74, 6) is -0.396. The number of aliphatic hydroxyl groups is 1. The second kappa shape index (κ2) is 7.75. The fraction of sp³-hybridized carbons (Fsp3) is 0.467. The standard InChI is InChI=1S/C15H23N3O3/c1-3-15(2,10-16)14(21)18-12-6-4-11(5-7-12)13(20)17-8-9-19/h4-7,19H,3,8-10,16H2,1-2H3,(H,17,20)(H,18,21). The number of hydrogen-bond acceptors (Lipinski definition) is 4. The van der Waals surface area contributed by atoms with Crippen molar-refractivity contribution >= 4 is 17.5 Å². The monoisotopic (exact) mass is 293 g/mol. The SMILES string of the molecule is CCC(C)(CN)C(=O)Nc1ccc(C(=O)NCCO)cc1. The van der Waals surface area contributed by atoms with Crippen LogP contribution in [0.2, 0.25) is 0 Å². The van der Waals surface area contributed by atoms with Gasteiger partial charge in [0, 0.05) is 24.3 Å². The molecule has 0 saturated heterocycles. The fourth-order valence-electron chi connectivity index (χ4n) is 1.66. The van der Waals surface area contributed by atoms with Gasteiger partial charge in [-0.25, -0.2) is 0 Å². The van der Waals surface area contributed by atoms with Crippen molar-refractivity contribution in [2.45, 2.75) is 20.3 Å². The van der Waals surface area contributed by atoms with Crippen LogP contribution in [0.25, 0.3) is 0 Å². The number of carbonyl (C=O) groups is 2. The quantitative estimate of drug-likeness (QED) is 0.594. The molecule has 0 fully saturated rings. The van der Waals surface area contributed by atoms with Gasteiger partial charge in [0.05, 0.1) is 12.0 Å². The first kappa shape index (κ1) is 17.1. The Morgan fingerprint density at radius 3 is 2.38 bits per heavy atom. The number of nitrogens with one attached hydrogen (secondary N) is 2. The van der Waals surface area contributed by atoms with Crippen LogP contribution in [0.3, 0.4) is 0 Å². The van der Waals surface area contributed by atoms with Crippen molar-refractivity contribution in [3.05, 3.63) is 29.8 Å². The Bertz CT molecular complexity index is 481. The molecule has 5 N–H and O–H groups in total. The van der Waals surface area contributed by atoms with Crippen molar-refractivity contribution in [1.82, 2.24) is 5.32 Å². The first-order valence-corrected chi connectivity index (χ1v) is 6.97. The number of rotatable bonds is 7. The minimum Gasteiger partial charge on any atom is -0.395 e. The van der Waals surface area contributed by atoms with Crippen LogP contribution < -0.4 is 16.4 Å². The number of amides is 2. The molecule has 1 unspecified atom stereocenters. The number of anilines is 1. The lowest BCUT2D eigenvalue weighted by Crippen LogP contribution is -2.39. The number of nitrogens with two attached hydrogens (primary N) is 1. The van der Waals surface area contributed by atoms with Crippen LogP contribution >= 0.6 is 0 Å². The maximum absolute atomic E-state index is 12.2. The Kier molecular flexibility index (Phi) is 6.33. The van der Waals surface area contributed by atoms with Crippen LogP contribution in [0.4, 0.5) is 5.69 Å². The average molecular weight is 293 g/mol. The molecule has 6 heteroatoms. The van der Waals surface area contributed by atoms with E-state index in [-0.39, 0.29) is 31.5 Å². The lowest BCUT2D eigenvalue weighted by molar-refractivity contribution is -0.124. The molecule has 0 aliphatic rings. The normalized spacial score (nSPS) is 13.3. The Hall–Kier alpha value is -1.92. The predicted molar refractivity (Wildman–Crippen MR) is 81.9 cm³/mol. The molecule has 1 rings (SSSR count). The van der Waals surface area contributed by atoms with Crippen molar-refractivity contribution in [2.75, 3.05) is 25.0 Å². The summed E-state index contributed by atoms with van der Waals surface area (Å²) in [5.41, 5.74) is 6.14. The van der Waals surface area contributed by atoms with Crippen LogP contribution in [0.1, 0.15) is 30.6 Å².